The van der Waals surface area contributed by atoms with Gasteiger partial charge in [0.25, 0.3) is 0 Å². The number of nitrogens with one attached hydrogen (secondary N) is 1. The lowest BCUT2D eigenvalue weighted by Crippen LogP contribution is -2.28. The molecule has 0 unspecified atom stereocenters. The molecule has 0 amide bonds. The second-order valence-corrected chi connectivity index (χ2v) is 3.28. The molecule has 1 aromatic carbocycles. The molecule has 0 aliphatic carbocycles. The van der Waals surface area contributed by atoms with Crippen molar-refractivity contribution < 1.29 is 20.4 Å². The van der Waals surface area contributed by atoms with Crippen molar-refractivity contribution in [2.75, 3.05) is 13.2 Å². The second-order valence-electron chi connectivity index (χ2n) is 3.28. The molecular formula is C10H15NO4. The quantitative estimate of drug-likeness (QED) is 0.456. The van der Waals surface area contributed by atoms with Crippen LogP contribution in [0.3, 0.4) is 0 Å². The van der Waals surface area contributed by atoms with Crippen LogP contribution >= 0.6 is 0 Å². The Morgan fingerprint density at radius 2 is 2.00 bits per heavy atom. The minimum absolute atomic E-state index is 0.000915. The average molecular weight is 213 g/mol. The first kappa shape index (κ1) is 11.8. The summed E-state index contributed by atoms with van der Waals surface area (Å²) in [7, 11) is 0. The molecule has 0 bridgehead atoms. The molecule has 5 N–H and O–H groups in total. The number of aliphatic hydroxyl groups excluding tert-OH is 2. The van der Waals surface area contributed by atoms with Gasteiger partial charge in [-0.05, 0) is 6.07 Å². The molecule has 0 saturated carbocycles. The highest BCUT2D eigenvalue weighted by Gasteiger charge is 2.04. The van der Waals surface area contributed by atoms with E-state index in [0.717, 1.165) is 0 Å². The van der Waals surface area contributed by atoms with E-state index in [4.69, 9.17) is 15.3 Å². The summed E-state index contributed by atoms with van der Waals surface area (Å²) < 4.78 is 0. The molecule has 0 aromatic heterocycles. The zero-order valence-corrected chi connectivity index (χ0v) is 8.22. The minimum Gasteiger partial charge on any atom is -0.508 e. The summed E-state index contributed by atoms with van der Waals surface area (Å²) in [4.78, 5) is 0. The fourth-order valence-corrected chi connectivity index (χ4v) is 1.14. The van der Waals surface area contributed by atoms with Crippen molar-refractivity contribution in [2.24, 2.45) is 0 Å². The predicted octanol–water partition coefficient (Wildman–Crippen LogP) is -0.459. The normalized spacial score (nSPS) is 12.7. The molecule has 0 aliphatic heterocycles. The average Bonchev–Trinajstić information content (AvgIpc) is 2.21. The molecule has 0 fully saturated rings. The minimum atomic E-state index is -0.802. The molecule has 5 nitrogen and oxygen atoms in total. The van der Waals surface area contributed by atoms with Crippen LogP contribution in [-0.4, -0.2) is 39.7 Å². The predicted molar refractivity (Wildman–Crippen MR) is 54.6 cm³/mol. The van der Waals surface area contributed by atoms with Gasteiger partial charge in [-0.25, -0.2) is 0 Å². The number of hydrogen-bond acceptors (Lipinski definition) is 5. The first-order chi connectivity index (χ1) is 7.13. The van der Waals surface area contributed by atoms with E-state index in [1.807, 2.05) is 0 Å². The maximum atomic E-state index is 9.40. The van der Waals surface area contributed by atoms with Crippen molar-refractivity contribution in [1.29, 1.82) is 0 Å². The summed E-state index contributed by atoms with van der Waals surface area (Å²) in [6.07, 6.45) is -0.802. The van der Waals surface area contributed by atoms with Crippen molar-refractivity contribution in [3.05, 3.63) is 23.8 Å². The number of aromatic hydroxyl groups is 2. The molecule has 1 aromatic rings. The highest BCUT2D eigenvalue weighted by atomic mass is 16.3. The molecule has 0 heterocycles. The number of benzene rings is 1. The molecule has 5 heteroatoms. The lowest BCUT2D eigenvalue weighted by atomic mass is 10.2. The van der Waals surface area contributed by atoms with Gasteiger partial charge in [0.15, 0.2) is 0 Å². The Balaban J connectivity index is 2.44. The van der Waals surface area contributed by atoms with Crippen LogP contribution in [0.15, 0.2) is 18.2 Å². The fraction of sp³-hybridized carbons (Fsp3) is 0.400. The maximum absolute atomic E-state index is 9.40. The van der Waals surface area contributed by atoms with E-state index in [9.17, 15) is 5.11 Å². The van der Waals surface area contributed by atoms with Gasteiger partial charge in [0, 0.05) is 24.7 Å². The molecule has 84 valence electrons. The molecule has 0 saturated heterocycles. The summed E-state index contributed by atoms with van der Waals surface area (Å²) in [5, 5.41) is 38.9. The molecule has 0 aliphatic rings. The Hall–Kier alpha value is -1.30. The van der Waals surface area contributed by atoms with Crippen LogP contribution in [-0.2, 0) is 6.54 Å². The Labute approximate surface area is 87.6 Å². The highest BCUT2D eigenvalue weighted by Crippen LogP contribution is 2.21. The van der Waals surface area contributed by atoms with Crippen LogP contribution in [0.2, 0.25) is 0 Å². The first-order valence-corrected chi connectivity index (χ1v) is 4.64. The van der Waals surface area contributed by atoms with Crippen LogP contribution in [0.25, 0.3) is 0 Å². The van der Waals surface area contributed by atoms with Crippen molar-refractivity contribution >= 4 is 0 Å². The van der Waals surface area contributed by atoms with Gasteiger partial charge in [-0.3, -0.25) is 0 Å². The Morgan fingerprint density at radius 1 is 1.27 bits per heavy atom. The largest absolute Gasteiger partial charge is 0.508 e. The van der Waals surface area contributed by atoms with Gasteiger partial charge in [0.2, 0.25) is 0 Å². The summed E-state index contributed by atoms with van der Waals surface area (Å²) >= 11 is 0. The Kier molecular flexibility index (Phi) is 4.36. The van der Waals surface area contributed by atoms with Crippen molar-refractivity contribution in [1.82, 2.24) is 5.32 Å². The molecular weight excluding hydrogens is 198 g/mol. The molecule has 1 rings (SSSR count). The van der Waals surface area contributed by atoms with E-state index in [0.29, 0.717) is 12.1 Å². The monoisotopic (exact) mass is 213 g/mol. The van der Waals surface area contributed by atoms with Gasteiger partial charge in [0.05, 0.1) is 12.7 Å². The summed E-state index contributed by atoms with van der Waals surface area (Å²) in [6, 6.07) is 4.31. The number of phenols is 2. The SMILES string of the molecule is OC[C@H](O)CNCc1ccc(O)cc1O. The smallest absolute Gasteiger partial charge is 0.123 e. The highest BCUT2D eigenvalue weighted by molar-refractivity contribution is 5.38. The fourth-order valence-electron chi connectivity index (χ4n) is 1.14. The van der Waals surface area contributed by atoms with Crippen LogP contribution in [0.1, 0.15) is 5.56 Å². The number of phenolic OH excluding ortho intramolecular Hbond substituents is 2. The lowest BCUT2D eigenvalue weighted by molar-refractivity contribution is 0.0942. The zero-order valence-electron chi connectivity index (χ0n) is 8.22. The van der Waals surface area contributed by atoms with Gasteiger partial charge >= 0.3 is 0 Å². The van der Waals surface area contributed by atoms with Gasteiger partial charge < -0.3 is 25.7 Å². The van der Waals surface area contributed by atoms with Gasteiger partial charge in [0.1, 0.15) is 11.5 Å². The molecule has 1 atom stereocenters. The Morgan fingerprint density at radius 3 is 2.60 bits per heavy atom. The van der Waals surface area contributed by atoms with Crippen molar-refractivity contribution in [2.45, 2.75) is 12.6 Å². The van der Waals surface area contributed by atoms with E-state index in [1.54, 1.807) is 6.07 Å². The van der Waals surface area contributed by atoms with Gasteiger partial charge in [-0.1, -0.05) is 6.07 Å². The van der Waals surface area contributed by atoms with E-state index < -0.39 is 6.10 Å². The number of hydrogen-bond donors (Lipinski definition) is 5. The van der Waals surface area contributed by atoms with Crippen LogP contribution in [0.5, 0.6) is 11.5 Å². The molecule has 0 spiro atoms. The second kappa shape index (κ2) is 5.55. The van der Waals surface area contributed by atoms with Crippen LogP contribution < -0.4 is 5.32 Å². The van der Waals surface area contributed by atoms with Gasteiger partial charge in [-0.2, -0.15) is 0 Å². The van der Waals surface area contributed by atoms with Crippen LogP contribution in [0, 0.1) is 0 Å². The topological polar surface area (TPSA) is 93.0 Å². The van der Waals surface area contributed by atoms with E-state index in [1.165, 1.54) is 12.1 Å². The third-order valence-electron chi connectivity index (χ3n) is 1.98. The van der Waals surface area contributed by atoms with Crippen molar-refractivity contribution in [3.63, 3.8) is 0 Å². The first-order valence-electron chi connectivity index (χ1n) is 4.64. The summed E-state index contributed by atoms with van der Waals surface area (Å²) in [5.74, 6) is 0.00707. The standard InChI is InChI=1S/C10H15NO4/c12-6-9(14)5-11-4-7-1-2-8(13)3-10(7)15/h1-3,9,11-15H,4-6H2/t9-/m1/s1. The van der Waals surface area contributed by atoms with Crippen LogP contribution in [0.4, 0.5) is 0 Å². The third-order valence-corrected chi connectivity index (χ3v) is 1.98. The van der Waals surface area contributed by atoms with E-state index >= 15 is 0 Å². The van der Waals surface area contributed by atoms with E-state index in [2.05, 4.69) is 5.32 Å². The van der Waals surface area contributed by atoms with E-state index in [-0.39, 0.29) is 24.7 Å². The maximum Gasteiger partial charge on any atom is 0.123 e. The zero-order chi connectivity index (χ0) is 11.3. The summed E-state index contributed by atoms with van der Waals surface area (Å²) in [5.41, 5.74) is 0.623. The Bertz CT molecular complexity index is 316. The molecule has 15 heavy (non-hydrogen) atoms. The number of aliphatic hydroxyl groups is 2. The number of rotatable bonds is 5. The van der Waals surface area contributed by atoms with Gasteiger partial charge in [-0.15, -0.1) is 0 Å². The molecule has 0 radical (unpaired) electrons. The third kappa shape index (κ3) is 3.75. The summed E-state index contributed by atoms with van der Waals surface area (Å²) in [6.45, 7) is 0.314. The van der Waals surface area contributed by atoms with Crippen molar-refractivity contribution in [3.8, 4) is 11.5 Å². The lowest BCUT2D eigenvalue weighted by Gasteiger charge is -2.09.